The van der Waals surface area contributed by atoms with Crippen molar-refractivity contribution in [2.45, 2.75) is 51.1 Å². The molecule has 0 radical (unpaired) electrons. The molecule has 0 saturated carbocycles. The van der Waals surface area contributed by atoms with Gasteiger partial charge in [-0.25, -0.2) is 4.79 Å². The molecule has 1 aliphatic heterocycles. The summed E-state index contributed by atoms with van der Waals surface area (Å²) in [5, 5.41) is 0. The predicted molar refractivity (Wildman–Crippen MR) is 111 cm³/mol. The minimum atomic E-state index is -0.806. The van der Waals surface area contributed by atoms with Crippen molar-refractivity contribution < 1.29 is 19.1 Å². The summed E-state index contributed by atoms with van der Waals surface area (Å²) in [6.07, 6.45) is 8.43. The normalized spacial score (nSPS) is 22.5. The van der Waals surface area contributed by atoms with Crippen LogP contribution < -0.4 is 5.46 Å². The molecule has 0 aromatic heterocycles. The molecule has 148 valence electrons. The number of benzene rings is 1. The quantitative estimate of drug-likeness (QED) is 0.537. The average molecular weight is 381 g/mol. The Morgan fingerprint density at radius 2 is 2.07 bits per heavy atom. The van der Waals surface area contributed by atoms with Crippen molar-refractivity contribution in [1.29, 1.82) is 0 Å². The van der Waals surface area contributed by atoms with Gasteiger partial charge in [0.15, 0.2) is 12.9 Å². The maximum absolute atomic E-state index is 12.8. The fourth-order valence-electron chi connectivity index (χ4n) is 3.89. The number of ether oxygens (including phenoxy) is 2. The molecule has 0 unspecified atom stereocenters. The zero-order valence-electron chi connectivity index (χ0n) is 16.9. The van der Waals surface area contributed by atoms with Gasteiger partial charge in [-0.05, 0) is 30.9 Å². The first-order valence-corrected chi connectivity index (χ1v) is 10.0. The predicted octanol–water partition coefficient (Wildman–Crippen LogP) is 3.28. The van der Waals surface area contributed by atoms with E-state index >= 15 is 0 Å². The lowest BCUT2D eigenvalue weighted by Gasteiger charge is -2.30. The van der Waals surface area contributed by atoms with Crippen LogP contribution in [0.25, 0.3) is 0 Å². The zero-order valence-corrected chi connectivity index (χ0v) is 16.9. The Labute approximate surface area is 167 Å². The van der Waals surface area contributed by atoms with Crippen molar-refractivity contribution in [3.63, 3.8) is 0 Å². The van der Waals surface area contributed by atoms with E-state index in [4.69, 9.17) is 9.47 Å². The summed E-state index contributed by atoms with van der Waals surface area (Å²) < 4.78 is 10.7. The van der Waals surface area contributed by atoms with E-state index in [1.54, 1.807) is 4.90 Å². The highest BCUT2D eigenvalue weighted by Crippen LogP contribution is 2.40. The molecule has 28 heavy (non-hydrogen) atoms. The van der Waals surface area contributed by atoms with Crippen LogP contribution in [0.1, 0.15) is 44.2 Å². The summed E-state index contributed by atoms with van der Waals surface area (Å²) in [5.41, 5.74) is 2.52. The molecule has 1 heterocycles. The Bertz CT molecular complexity index is 786. The van der Waals surface area contributed by atoms with E-state index in [9.17, 15) is 9.59 Å². The van der Waals surface area contributed by atoms with Gasteiger partial charge in [-0.1, -0.05) is 54.8 Å². The van der Waals surface area contributed by atoms with Crippen LogP contribution in [-0.2, 0) is 14.3 Å². The van der Waals surface area contributed by atoms with Crippen molar-refractivity contribution in [1.82, 2.24) is 4.90 Å². The van der Waals surface area contributed by atoms with Gasteiger partial charge in [0, 0.05) is 12.8 Å². The molecule has 5 nitrogen and oxygen atoms in total. The summed E-state index contributed by atoms with van der Waals surface area (Å²) in [6, 6.07) is 8.25. The lowest BCUT2D eigenvalue weighted by molar-refractivity contribution is -0.141. The molecule has 1 aromatic carbocycles. The number of esters is 1. The first-order valence-electron chi connectivity index (χ1n) is 10.0. The number of nitrogens with zero attached hydrogens (tertiary/aromatic N) is 1. The number of cyclic esters (lactones) is 1. The number of methoxy groups -OCH3 is 1. The van der Waals surface area contributed by atoms with Gasteiger partial charge in [0.05, 0.1) is 19.7 Å². The molecule has 1 saturated heterocycles. The molecule has 0 N–H and O–H groups in total. The topological polar surface area (TPSA) is 55.8 Å². The van der Waals surface area contributed by atoms with Gasteiger partial charge in [-0.2, -0.15) is 0 Å². The maximum Gasteiger partial charge on any atom is 0.411 e. The number of carbonyl (C=O) groups excluding carboxylic acids is 2. The molecular formula is C22H28BNO4. The van der Waals surface area contributed by atoms with E-state index in [1.807, 2.05) is 13.0 Å². The molecule has 1 fully saturated rings. The summed E-state index contributed by atoms with van der Waals surface area (Å²) in [6.45, 7) is 4.57. The van der Waals surface area contributed by atoms with Crippen LogP contribution in [0, 0.1) is 0 Å². The molecule has 3 rings (SSSR count). The number of carbonyl (C=O) groups is 2. The zero-order chi connectivity index (χ0) is 20.1. The smallest absolute Gasteiger partial charge is 0.411 e. The van der Waals surface area contributed by atoms with Gasteiger partial charge in [-0.3, -0.25) is 9.69 Å². The van der Waals surface area contributed by atoms with Crippen LogP contribution in [0.5, 0.6) is 0 Å². The van der Waals surface area contributed by atoms with Crippen molar-refractivity contribution in [2.75, 3.05) is 13.7 Å². The first-order chi connectivity index (χ1) is 13.5. The number of hydrogen-bond acceptors (Lipinski definition) is 4. The lowest BCUT2D eigenvalue weighted by atomic mass is 9.73. The fraction of sp³-hybridized carbons (Fsp3) is 0.455. The molecule has 6 heteroatoms. The van der Waals surface area contributed by atoms with Gasteiger partial charge >= 0.3 is 12.1 Å². The van der Waals surface area contributed by atoms with E-state index in [0.29, 0.717) is 13.0 Å². The van der Waals surface area contributed by atoms with E-state index in [0.717, 1.165) is 31.3 Å². The number of hydrogen-bond donors (Lipinski definition) is 0. The number of amides is 1. The van der Waals surface area contributed by atoms with Crippen LogP contribution >= 0.6 is 0 Å². The van der Waals surface area contributed by atoms with Crippen LogP contribution in [0.15, 0.2) is 48.1 Å². The lowest BCUT2D eigenvalue weighted by Crippen LogP contribution is -2.38. The molecule has 2 aliphatic rings. The second-order valence-corrected chi connectivity index (χ2v) is 7.48. The van der Waals surface area contributed by atoms with Crippen LogP contribution in [0.2, 0.25) is 6.82 Å². The van der Waals surface area contributed by atoms with Crippen LogP contribution in [0.3, 0.4) is 0 Å². The monoisotopic (exact) mass is 381 g/mol. The largest absolute Gasteiger partial charge is 0.469 e. The highest BCUT2D eigenvalue weighted by Gasteiger charge is 2.48. The van der Waals surface area contributed by atoms with Gasteiger partial charge in [0.2, 0.25) is 0 Å². The second-order valence-electron chi connectivity index (χ2n) is 7.48. The molecule has 1 aromatic rings. The number of allylic oxidation sites excluding steroid dienone is 2. The standard InChI is InChI=1S/C22H28BNO4/c1-16(17-9-11-19(23-2)12-10-17)24-15-22(28-21(24)26,14-13-20(25)27-3)18-7-5-4-6-8-18/h5,7-12,16,23H,4,6,13-15H2,1-3H3/t16-,22-/m0/s1. The summed E-state index contributed by atoms with van der Waals surface area (Å²) in [7, 11) is 2.36. The van der Waals surface area contributed by atoms with E-state index in [2.05, 4.69) is 43.2 Å². The molecule has 2 atom stereocenters. The number of rotatable bonds is 7. The van der Waals surface area contributed by atoms with Gasteiger partial charge in [0.25, 0.3) is 0 Å². The summed E-state index contributed by atoms with van der Waals surface area (Å²) in [4.78, 5) is 26.3. The average Bonchev–Trinajstić information content (AvgIpc) is 3.09. The maximum atomic E-state index is 12.8. The van der Waals surface area contributed by atoms with Crippen molar-refractivity contribution in [2.24, 2.45) is 0 Å². The van der Waals surface area contributed by atoms with Gasteiger partial charge < -0.3 is 9.47 Å². The minimum Gasteiger partial charge on any atom is -0.469 e. The minimum absolute atomic E-state index is 0.105. The Kier molecular flexibility index (Phi) is 6.27. The highest BCUT2D eigenvalue weighted by atomic mass is 16.6. The molecule has 0 spiro atoms. The summed E-state index contributed by atoms with van der Waals surface area (Å²) in [5.74, 6) is -0.294. The Balaban J connectivity index is 1.84. The Hall–Kier alpha value is -2.50. The SMILES string of the molecule is CBc1ccc([C@H](C)N2C[C@@](CCC(=O)OC)(C3=CCCC=C3)OC2=O)cc1. The van der Waals surface area contributed by atoms with Crippen molar-refractivity contribution in [3.05, 3.63) is 53.6 Å². The molecule has 1 amide bonds. The summed E-state index contributed by atoms with van der Waals surface area (Å²) >= 11 is 0. The fourth-order valence-corrected chi connectivity index (χ4v) is 3.89. The Morgan fingerprint density at radius 3 is 2.68 bits per heavy atom. The molecular weight excluding hydrogens is 353 g/mol. The Morgan fingerprint density at radius 1 is 1.32 bits per heavy atom. The third kappa shape index (κ3) is 4.16. The highest BCUT2D eigenvalue weighted by molar-refractivity contribution is 6.51. The van der Waals surface area contributed by atoms with Crippen LogP contribution in [-0.4, -0.2) is 43.5 Å². The third-order valence-corrected chi connectivity index (χ3v) is 5.76. The van der Waals surface area contributed by atoms with Gasteiger partial charge in [0.1, 0.15) is 0 Å². The van der Waals surface area contributed by atoms with E-state index in [1.165, 1.54) is 12.6 Å². The molecule has 0 bridgehead atoms. The van der Waals surface area contributed by atoms with Crippen molar-refractivity contribution >= 4 is 24.8 Å². The second kappa shape index (κ2) is 8.67. The third-order valence-electron chi connectivity index (χ3n) is 5.76. The first kappa shape index (κ1) is 20.2. The van der Waals surface area contributed by atoms with E-state index < -0.39 is 5.60 Å². The molecule has 1 aliphatic carbocycles. The van der Waals surface area contributed by atoms with Crippen LogP contribution in [0.4, 0.5) is 4.79 Å². The van der Waals surface area contributed by atoms with Gasteiger partial charge in [-0.15, -0.1) is 0 Å². The van der Waals surface area contributed by atoms with Crippen molar-refractivity contribution in [3.8, 4) is 0 Å². The van der Waals surface area contributed by atoms with E-state index in [-0.39, 0.29) is 24.5 Å².